The molecule has 114 valence electrons. The smallest absolute Gasteiger partial charge is 0.230 e. The Balaban J connectivity index is 1.79. The highest BCUT2D eigenvalue weighted by molar-refractivity contribution is 5.88. The van der Waals surface area contributed by atoms with Crippen molar-refractivity contribution in [1.29, 1.82) is 0 Å². The fraction of sp³-hybridized carbons (Fsp3) is 0.611. The number of hydrogen-bond donors (Lipinski definition) is 2. The monoisotopic (exact) mass is 286 g/mol. The van der Waals surface area contributed by atoms with Crippen LogP contribution in [0.4, 0.5) is 0 Å². The molecule has 0 spiro atoms. The van der Waals surface area contributed by atoms with E-state index in [0.717, 1.165) is 38.8 Å². The van der Waals surface area contributed by atoms with Crippen LogP contribution in [0, 0.1) is 0 Å². The maximum atomic E-state index is 13.0. The van der Waals surface area contributed by atoms with E-state index in [1.807, 2.05) is 18.2 Å². The molecule has 21 heavy (non-hydrogen) atoms. The molecule has 1 saturated carbocycles. The molecule has 1 aromatic rings. The largest absolute Gasteiger partial charge is 0.353 e. The predicted molar refractivity (Wildman–Crippen MR) is 85.2 cm³/mol. The maximum absolute atomic E-state index is 13.0. The van der Waals surface area contributed by atoms with Crippen LogP contribution in [0.1, 0.15) is 50.5 Å². The van der Waals surface area contributed by atoms with Gasteiger partial charge in [0.1, 0.15) is 0 Å². The van der Waals surface area contributed by atoms with Gasteiger partial charge in [-0.2, -0.15) is 0 Å². The van der Waals surface area contributed by atoms with Gasteiger partial charge in [0, 0.05) is 6.04 Å². The summed E-state index contributed by atoms with van der Waals surface area (Å²) in [5.74, 6) is 0.252. The number of nitrogens with one attached hydrogen (secondary N) is 2. The van der Waals surface area contributed by atoms with Gasteiger partial charge in [0.05, 0.1) is 5.41 Å². The maximum Gasteiger partial charge on any atom is 0.230 e. The first-order valence-electron chi connectivity index (χ1n) is 8.38. The first-order valence-corrected chi connectivity index (χ1v) is 8.38. The number of carbonyl (C=O) groups is 1. The summed E-state index contributed by atoms with van der Waals surface area (Å²) < 4.78 is 0. The molecule has 1 saturated heterocycles. The lowest BCUT2D eigenvalue weighted by Gasteiger charge is -2.38. The van der Waals surface area contributed by atoms with Crippen molar-refractivity contribution in [2.24, 2.45) is 0 Å². The number of hydrogen-bond acceptors (Lipinski definition) is 2. The number of piperidine rings is 1. The first kappa shape index (κ1) is 14.6. The Morgan fingerprint density at radius 1 is 1.05 bits per heavy atom. The Hall–Kier alpha value is -1.35. The fourth-order valence-electron chi connectivity index (χ4n) is 3.83. The molecule has 2 N–H and O–H groups in total. The zero-order chi connectivity index (χ0) is 14.5. The van der Waals surface area contributed by atoms with Crippen molar-refractivity contribution in [3.63, 3.8) is 0 Å². The minimum Gasteiger partial charge on any atom is -0.353 e. The van der Waals surface area contributed by atoms with E-state index < -0.39 is 0 Å². The van der Waals surface area contributed by atoms with E-state index in [-0.39, 0.29) is 11.3 Å². The van der Waals surface area contributed by atoms with E-state index in [1.165, 1.54) is 24.8 Å². The van der Waals surface area contributed by atoms with Gasteiger partial charge in [-0.15, -0.1) is 0 Å². The van der Waals surface area contributed by atoms with E-state index in [2.05, 4.69) is 22.8 Å². The van der Waals surface area contributed by atoms with Crippen LogP contribution < -0.4 is 10.6 Å². The molecule has 3 nitrogen and oxygen atoms in total. The molecule has 0 atom stereocenters. The minimum absolute atomic E-state index is 0.252. The molecule has 1 aliphatic heterocycles. The molecule has 1 heterocycles. The van der Waals surface area contributed by atoms with Crippen LogP contribution in [0.25, 0.3) is 0 Å². The Kier molecular flexibility index (Phi) is 4.59. The Bertz CT molecular complexity index is 459. The summed E-state index contributed by atoms with van der Waals surface area (Å²) in [5.41, 5.74) is 0.851. The molecule has 1 aliphatic carbocycles. The van der Waals surface area contributed by atoms with E-state index in [4.69, 9.17) is 0 Å². The molecule has 3 rings (SSSR count). The number of amides is 1. The molecule has 0 radical (unpaired) electrons. The third kappa shape index (κ3) is 3.13. The summed E-state index contributed by atoms with van der Waals surface area (Å²) in [7, 11) is 0. The molecular weight excluding hydrogens is 260 g/mol. The summed E-state index contributed by atoms with van der Waals surface area (Å²) in [5, 5.41) is 6.75. The van der Waals surface area contributed by atoms with Crippen molar-refractivity contribution in [1.82, 2.24) is 10.6 Å². The molecular formula is C18H26N2O. The second kappa shape index (κ2) is 6.61. The number of rotatable bonds is 3. The average molecular weight is 286 g/mol. The number of carbonyl (C=O) groups excluding carboxylic acids is 1. The van der Waals surface area contributed by atoms with Gasteiger partial charge in [-0.3, -0.25) is 4.79 Å². The van der Waals surface area contributed by atoms with E-state index in [1.54, 1.807) is 0 Å². The van der Waals surface area contributed by atoms with Gasteiger partial charge in [-0.05, 0) is 44.3 Å². The van der Waals surface area contributed by atoms with Gasteiger partial charge in [-0.25, -0.2) is 0 Å². The molecule has 3 heteroatoms. The Morgan fingerprint density at radius 2 is 1.71 bits per heavy atom. The summed E-state index contributed by atoms with van der Waals surface area (Å²) in [6.45, 7) is 1.85. The highest BCUT2D eigenvalue weighted by Gasteiger charge is 2.41. The molecule has 2 fully saturated rings. The molecule has 0 unspecified atom stereocenters. The zero-order valence-corrected chi connectivity index (χ0v) is 12.7. The van der Waals surface area contributed by atoms with Crippen LogP contribution in [-0.4, -0.2) is 25.0 Å². The SMILES string of the molecule is O=C(NC1CCCCC1)C1(c2ccccc2)CCNCC1. The van der Waals surface area contributed by atoms with Crippen molar-refractivity contribution in [3.05, 3.63) is 35.9 Å². The van der Waals surface area contributed by atoms with Crippen LogP contribution in [0.2, 0.25) is 0 Å². The van der Waals surface area contributed by atoms with Crippen LogP contribution in [-0.2, 0) is 10.2 Å². The second-order valence-corrected chi connectivity index (χ2v) is 6.51. The van der Waals surface area contributed by atoms with Gasteiger partial charge in [0.15, 0.2) is 0 Å². The van der Waals surface area contributed by atoms with Crippen LogP contribution in [0.15, 0.2) is 30.3 Å². The van der Waals surface area contributed by atoms with Crippen molar-refractivity contribution in [3.8, 4) is 0 Å². The van der Waals surface area contributed by atoms with E-state index in [9.17, 15) is 4.79 Å². The van der Waals surface area contributed by atoms with Crippen molar-refractivity contribution >= 4 is 5.91 Å². The number of benzene rings is 1. The molecule has 0 aromatic heterocycles. The average Bonchev–Trinajstić information content (AvgIpc) is 2.57. The van der Waals surface area contributed by atoms with Crippen LogP contribution in [0.3, 0.4) is 0 Å². The van der Waals surface area contributed by atoms with Gasteiger partial charge >= 0.3 is 0 Å². The Labute approximate surface area is 127 Å². The topological polar surface area (TPSA) is 41.1 Å². The van der Waals surface area contributed by atoms with Gasteiger partial charge < -0.3 is 10.6 Å². The van der Waals surface area contributed by atoms with Gasteiger partial charge in [0.25, 0.3) is 0 Å². The third-order valence-corrected chi connectivity index (χ3v) is 5.16. The normalized spacial score (nSPS) is 22.7. The van der Waals surface area contributed by atoms with Gasteiger partial charge in [-0.1, -0.05) is 49.6 Å². The minimum atomic E-state index is -0.329. The lowest BCUT2D eigenvalue weighted by molar-refractivity contribution is -0.128. The highest BCUT2D eigenvalue weighted by atomic mass is 16.2. The quantitative estimate of drug-likeness (QED) is 0.897. The van der Waals surface area contributed by atoms with Crippen LogP contribution in [0.5, 0.6) is 0 Å². The third-order valence-electron chi connectivity index (χ3n) is 5.16. The van der Waals surface area contributed by atoms with Crippen molar-refractivity contribution < 1.29 is 4.79 Å². The second-order valence-electron chi connectivity index (χ2n) is 6.51. The summed E-state index contributed by atoms with van der Waals surface area (Å²) in [6, 6.07) is 10.7. The Morgan fingerprint density at radius 3 is 2.38 bits per heavy atom. The summed E-state index contributed by atoms with van der Waals surface area (Å²) >= 11 is 0. The molecule has 1 aromatic carbocycles. The van der Waals surface area contributed by atoms with Crippen molar-refractivity contribution in [2.75, 3.05) is 13.1 Å². The van der Waals surface area contributed by atoms with Crippen molar-refractivity contribution in [2.45, 2.75) is 56.4 Å². The fourth-order valence-corrected chi connectivity index (χ4v) is 3.83. The standard InChI is InChI=1S/C18H26N2O/c21-17(20-16-9-5-2-6-10-16)18(11-13-19-14-12-18)15-7-3-1-4-8-15/h1,3-4,7-8,16,19H,2,5-6,9-14H2,(H,20,21). The highest BCUT2D eigenvalue weighted by Crippen LogP contribution is 2.34. The van der Waals surface area contributed by atoms with E-state index >= 15 is 0 Å². The molecule has 1 amide bonds. The van der Waals surface area contributed by atoms with Crippen LogP contribution >= 0.6 is 0 Å². The molecule has 0 bridgehead atoms. The summed E-state index contributed by atoms with van der Waals surface area (Å²) in [4.78, 5) is 13.0. The van der Waals surface area contributed by atoms with E-state index in [0.29, 0.717) is 6.04 Å². The lowest BCUT2D eigenvalue weighted by atomic mass is 9.72. The first-order chi connectivity index (χ1) is 10.3. The molecule has 2 aliphatic rings. The van der Waals surface area contributed by atoms with Gasteiger partial charge in [0.2, 0.25) is 5.91 Å². The lowest BCUT2D eigenvalue weighted by Crippen LogP contribution is -2.53. The summed E-state index contributed by atoms with van der Waals surface area (Å²) in [6.07, 6.45) is 7.92. The zero-order valence-electron chi connectivity index (χ0n) is 12.7. The predicted octanol–water partition coefficient (Wildman–Crippen LogP) is 2.76.